The summed E-state index contributed by atoms with van der Waals surface area (Å²) in [4.78, 5) is 6.93. The van der Waals surface area contributed by atoms with E-state index in [0.717, 1.165) is 18.7 Å². The van der Waals surface area contributed by atoms with Crippen LogP contribution in [0.25, 0.3) is 0 Å². The smallest absolute Gasteiger partial charge is 0.0941 e. The maximum Gasteiger partial charge on any atom is 0.0941 e. The van der Waals surface area contributed by atoms with Crippen molar-refractivity contribution in [2.24, 2.45) is 0 Å². The highest BCUT2D eigenvalue weighted by Crippen LogP contribution is 2.14. The molecule has 0 fully saturated rings. The number of halogens is 1. The zero-order chi connectivity index (χ0) is 12.7. The molecule has 0 N–H and O–H groups in total. The molecule has 0 aliphatic carbocycles. The summed E-state index contributed by atoms with van der Waals surface area (Å²) >= 11 is 9.39. The second kappa shape index (κ2) is 8.35. The third-order valence-corrected chi connectivity index (χ3v) is 4.82. The highest BCUT2D eigenvalue weighted by atomic mass is 35.5. The van der Waals surface area contributed by atoms with Crippen LogP contribution in [-0.2, 0) is 12.3 Å². The molecular formula is C12H21ClN2S2. The minimum absolute atomic E-state index is 0.524. The van der Waals surface area contributed by atoms with E-state index in [1.807, 2.05) is 11.8 Å². The fraction of sp³-hybridized carbons (Fsp3) is 0.750. The molecule has 17 heavy (non-hydrogen) atoms. The van der Waals surface area contributed by atoms with E-state index >= 15 is 0 Å². The number of aromatic nitrogens is 1. The van der Waals surface area contributed by atoms with E-state index in [2.05, 4.69) is 35.5 Å². The number of thiazole rings is 1. The van der Waals surface area contributed by atoms with Crippen LogP contribution in [-0.4, -0.2) is 41.5 Å². The Kier molecular flexibility index (Phi) is 7.51. The lowest BCUT2D eigenvalue weighted by atomic mass is 10.2. The minimum atomic E-state index is 0.524. The lowest BCUT2D eigenvalue weighted by Crippen LogP contribution is -2.34. The van der Waals surface area contributed by atoms with E-state index in [1.165, 1.54) is 17.2 Å². The van der Waals surface area contributed by atoms with Gasteiger partial charge in [0.1, 0.15) is 0 Å². The normalized spacial score (nSPS) is 13.2. The van der Waals surface area contributed by atoms with Crippen molar-refractivity contribution in [2.45, 2.75) is 31.7 Å². The number of nitrogens with zero attached hydrogens (tertiary/aromatic N) is 2. The summed E-state index contributed by atoms with van der Waals surface area (Å²) in [5.41, 5.74) is 1.01. The Morgan fingerprint density at radius 1 is 1.59 bits per heavy atom. The van der Waals surface area contributed by atoms with E-state index in [-0.39, 0.29) is 0 Å². The lowest BCUT2D eigenvalue weighted by molar-refractivity contribution is 0.259. The molecule has 0 saturated heterocycles. The predicted molar refractivity (Wildman–Crippen MR) is 80.5 cm³/mol. The molecule has 1 rings (SSSR count). The quantitative estimate of drug-likeness (QED) is 0.682. The molecule has 0 spiro atoms. The molecule has 0 saturated carbocycles. The van der Waals surface area contributed by atoms with Crippen molar-refractivity contribution in [1.82, 2.24) is 9.88 Å². The number of rotatable bonds is 8. The monoisotopic (exact) mass is 292 g/mol. The van der Waals surface area contributed by atoms with Gasteiger partial charge in [-0.2, -0.15) is 11.8 Å². The first-order chi connectivity index (χ1) is 8.21. The molecule has 2 nitrogen and oxygen atoms in total. The summed E-state index contributed by atoms with van der Waals surface area (Å²) in [6.45, 7) is 3.33. The summed E-state index contributed by atoms with van der Waals surface area (Å²) in [6.07, 6.45) is 4.41. The number of alkyl halides is 1. The molecule has 5 heteroatoms. The first-order valence-corrected chi connectivity index (χ1v) is 8.70. The number of likely N-dealkylation sites (N-methyl/N-ethyl adjacent to an activating group) is 1. The van der Waals surface area contributed by atoms with Gasteiger partial charge in [-0.25, -0.2) is 4.98 Å². The number of hydrogen-bond acceptors (Lipinski definition) is 4. The van der Waals surface area contributed by atoms with Crippen molar-refractivity contribution < 1.29 is 0 Å². The first kappa shape index (κ1) is 15.3. The summed E-state index contributed by atoms with van der Waals surface area (Å²) in [5.74, 6) is 1.73. The lowest BCUT2D eigenvalue weighted by Gasteiger charge is -2.26. The summed E-state index contributed by atoms with van der Waals surface area (Å²) in [7, 11) is 2.21. The minimum Gasteiger partial charge on any atom is -0.302 e. The Balaban J connectivity index is 2.38. The SMILES string of the molecule is CCC(CSC)N(C)CCc1nc(CCl)cs1. The molecular weight excluding hydrogens is 272 g/mol. The maximum atomic E-state index is 5.75. The van der Waals surface area contributed by atoms with E-state index in [4.69, 9.17) is 11.6 Å². The van der Waals surface area contributed by atoms with Gasteiger partial charge in [0, 0.05) is 30.1 Å². The number of thioether (sulfide) groups is 1. The van der Waals surface area contributed by atoms with Gasteiger partial charge in [0.15, 0.2) is 0 Å². The highest BCUT2D eigenvalue weighted by molar-refractivity contribution is 7.98. The van der Waals surface area contributed by atoms with Crippen molar-refractivity contribution >= 4 is 34.7 Å². The fourth-order valence-electron chi connectivity index (χ4n) is 1.73. The van der Waals surface area contributed by atoms with Gasteiger partial charge < -0.3 is 4.90 Å². The van der Waals surface area contributed by atoms with Crippen LogP contribution in [0.15, 0.2) is 5.38 Å². The zero-order valence-electron chi connectivity index (χ0n) is 10.8. The van der Waals surface area contributed by atoms with Crippen LogP contribution in [0.2, 0.25) is 0 Å². The van der Waals surface area contributed by atoms with Crippen LogP contribution in [0.3, 0.4) is 0 Å². The van der Waals surface area contributed by atoms with Gasteiger partial charge in [-0.15, -0.1) is 22.9 Å². The Morgan fingerprint density at radius 3 is 2.88 bits per heavy atom. The van der Waals surface area contributed by atoms with Gasteiger partial charge in [0.25, 0.3) is 0 Å². The standard InChI is InChI=1S/C12H21ClN2S2/c1-4-11(9-16-3)15(2)6-5-12-14-10(7-13)8-17-12/h8,11H,4-7,9H2,1-3H3. The molecule has 1 aromatic rings. The average Bonchev–Trinajstić information content (AvgIpc) is 2.81. The van der Waals surface area contributed by atoms with E-state index in [1.54, 1.807) is 11.3 Å². The van der Waals surface area contributed by atoms with E-state index in [0.29, 0.717) is 11.9 Å². The average molecular weight is 293 g/mol. The second-order valence-electron chi connectivity index (χ2n) is 4.11. The zero-order valence-corrected chi connectivity index (χ0v) is 13.2. The molecule has 1 heterocycles. The Hall–Kier alpha value is 0.230. The van der Waals surface area contributed by atoms with E-state index in [9.17, 15) is 0 Å². The fourth-order valence-corrected chi connectivity index (χ4v) is 3.62. The van der Waals surface area contributed by atoms with Gasteiger partial charge in [0.2, 0.25) is 0 Å². The van der Waals surface area contributed by atoms with Crippen LogP contribution in [0.5, 0.6) is 0 Å². The molecule has 1 unspecified atom stereocenters. The molecule has 0 aliphatic rings. The van der Waals surface area contributed by atoms with Crippen LogP contribution >= 0.6 is 34.7 Å². The first-order valence-electron chi connectivity index (χ1n) is 5.89. The van der Waals surface area contributed by atoms with Crippen molar-refractivity contribution in [2.75, 3.05) is 25.6 Å². The maximum absolute atomic E-state index is 5.75. The van der Waals surface area contributed by atoms with Crippen LogP contribution < -0.4 is 0 Å². The highest BCUT2D eigenvalue weighted by Gasteiger charge is 2.12. The van der Waals surface area contributed by atoms with Crippen molar-refractivity contribution in [3.8, 4) is 0 Å². The third kappa shape index (κ3) is 5.16. The van der Waals surface area contributed by atoms with Crippen molar-refractivity contribution in [3.63, 3.8) is 0 Å². The van der Waals surface area contributed by atoms with Gasteiger partial charge >= 0.3 is 0 Å². The topological polar surface area (TPSA) is 16.1 Å². The summed E-state index contributed by atoms with van der Waals surface area (Å²) in [6, 6.07) is 0.678. The van der Waals surface area contributed by atoms with Gasteiger partial charge in [-0.05, 0) is 19.7 Å². The molecule has 0 bridgehead atoms. The molecule has 98 valence electrons. The van der Waals surface area contributed by atoms with Gasteiger partial charge in [-0.1, -0.05) is 6.92 Å². The molecule has 1 aromatic heterocycles. The Labute approximate surface area is 118 Å². The Morgan fingerprint density at radius 2 is 2.35 bits per heavy atom. The van der Waals surface area contributed by atoms with E-state index < -0.39 is 0 Å². The van der Waals surface area contributed by atoms with Crippen LogP contribution in [0.1, 0.15) is 24.0 Å². The Bertz CT molecular complexity index is 317. The molecule has 1 atom stereocenters. The predicted octanol–water partition coefficient (Wildman–Crippen LogP) is 3.50. The second-order valence-corrected chi connectivity index (χ2v) is 6.23. The van der Waals surface area contributed by atoms with Crippen LogP contribution in [0.4, 0.5) is 0 Å². The summed E-state index contributed by atoms with van der Waals surface area (Å²) < 4.78 is 0. The summed E-state index contributed by atoms with van der Waals surface area (Å²) in [5, 5.41) is 3.26. The largest absolute Gasteiger partial charge is 0.302 e. The van der Waals surface area contributed by atoms with Crippen LogP contribution in [0, 0.1) is 0 Å². The molecule has 0 amide bonds. The molecule has 0 aromatic carbocycles. The number of hydrogen-bond donors (Lipinski definition) is 0. The van der Waals surface area contributed by atoms with Crippen molar-refractivity contribution in [3.05, 3.63) is 16.1 Å². The van der Waals surface area contributed by atoms with Crippen molar-refractivity contribution in [1.29, 1.82) is 0 Å². The molecule has 0 radical (unpaired) electrons. The van der Waals surface area contributed by atoms with Gasteiger partial charge in [0.05, 0.1) is 16.6 Å². The third-order valence-electron chi connectivity index (χ3n) is 2.87. The molecule has 0 aliphatic heterocycles. The van der Waals surface area contributed by atoms with Gasteiger partial charge in [-0.3, -0.25) is 0 Å².